The van der Waals surface area contributed by atoms with E-state index in [0.717, 1.165) is 18.5 Å². The first-order chi connectivity index (χ1) is 9.93. The Morgan fingerprint density at radius 3 is 2.81 bits per heavy atom. The number of carboxylic acids is 1. The number of hydrogen-bond donors (Lipinski definition) is 1. The zero-order chi connectivity index (χ0) is 15.6. The molecular formula is C14H17IN2O4. The molecule has 1 saturated heterocycles. The lowest BCUT2D eigenvalue weighted by Crippen LogP contribution is -2.47. The van der Waals surface area contributed by atoms with Gasteiger partial charge in [-0.3, -0.25) is 10.1 Å². The Hall–Kier alpha value is -1.38. The average molecular weight is 404 g/mol. The summed E-state index contributed by atoms with van der Waals surface area (Å²) in [5.41, 5.74) is 0.793. The maximum atomic E-state index is 11.5. The first kappa shape index (κ1) is 16.0. The Morgan fingerprint density at radius 2 is 2.29 bits per heavy atom. The second-order valence-electron chi connectivity index (χ2n) is 5.24. The van der Waals surface area contributed by atoms with Gasteiger partial charge in [0, 0.05) is 22.2 Å². The summed E-state index contributed by atoms with van der Waals surface area (Å²) in [4.78, 5) is 23.7. The van der Waals surface area contributed by atoms with E-state index in [4.69, 9.17) is 0 Å². The Kier molecular flexibility index (Phi) is 5.02. The molecule has 0 spiro atoms. The molecule has 1 aliphatic rings. The number of nitrogens with zero attached hydrogens (tertiary/aromatic N) is 2. The predicted molar refractivity (Wildman–Crippen MR) is 87.6 cm³/mol. The number of carbonyl (C=O) groups is 1. The number of carboxylic acid groups (broad SMARTS) is 1. The molecule has 0 amide bonds. The number of hydrogen-bond acceptors (Lipinski definition) is 4. The van der Waals surface area contributed by atoms with Crippen LogP contribution in [0.4, 0.5) is 11.4 Å². The molecule has 1 aliphatic heterocycles. The highest BCUT2D eigenvalue weighted by molar-refractivity contribution is 14.1. The van der Waals surface area contributed by atoms with Crippen LogP contribution in [0.5, 0.6) is 0 Å². The molecule has 1 heterocycles. The van der Waals surface area contributed by atoms with Crippen molar-refractivity contribution in [2.24, 2.45) is 5.92 Å². The SMILES string of the molecule is CCC1CCN(c2ccc([N+](=O)[O-])cc2I)C(C(=O)O)C1. The van der Waals surface area contributed by atoms with Crippen molar-refractivity contribution in [1.82, 2.24) is 0 Å². The minimum absolute atomic E-state index is 0.0264. The van der Waals surface area contributed by atoms with E-state index in [-0.39, 0.29) is 5.69 Å². The van der Waals surface area contributed by atoms with Crippen LogP contribution < -0.4 is 4.90 Å². The second-order valence-corrected chi connectivity index (χ2v) is 6.40. The molecule has 21 heavy (non-hydrogen) atoms. The minimum Gasteiger partial charge on any atom is -0.480 e. The highest BCUT2D eigenvalue weighted by Gasteiger charge is 2.33. The van der Waals surface area contributed by atoms with Gasteiger partial charge < -0.3 is 10.0 Å². The van der Waals surface area contributed by atoms with Crippen LogP contribution >= 0.6 is 22.6 Å². The number of non-ortho nitro benzene ring substituents is 1. The van der Waals surface area contributed by atoms with E-state index in [1.807, 2.05) is 27.5 Å². The first-order valence-corrected chi connectivity index (χ1v) is 7.95. The third-order valence-electron chi connectivity index (χ3n) is 4.02. The van der Waals surface area contributed by atoms with E-state index in [1.54, 1.807) is 6.07 Å². The van der Waals surface area contributed by atoms with E-state index in [2.05, 4.69) is 6.92 Å². The Bertz CT molecular complexity index is 564. The van der Waals surface area contributed by atoms with Crippen molar-refractivity contribution in [3.8, 4) is 0 Å². The molecular weight excluding hydrogens is 387 g/mol. The fourth-order valence-corrected chi connectivity index (χ4v) is 3.58. The van der Waals surface area contributed by atoms with Gasteiger partial charge in [0.25, 0.3) is 5.69 Å². The van der Waals surface area contributed by atoms with Crippen molar-refractivity contribution in [3.05, 3.63) is 31.9 Å². The summed E-state index contributed by atoms with van der Waals surface area (Å²) in [7, 11) is 0. The molecule has 0 bridgehead atoms. The van der Waals surface area contributed by atoms with Gasteiger partial charge in [-0.05, 0) is 47.4 Å². The zero-order valence-electron chi connectivity index (χ0n) is 11.7. The van der Waals surface area contributed by atoms with Gasteiger partial charge in [-0.25, -0.2) is 4.79 Å². The first-order valence-electron chi connectivity index (χ1n) is 6.87. The molecule has 1 fully saturated rings. The van der Waals surface area contributed by atoms with Crippen molar-refractivity contribution in [2.45, 2.75) is 32.2 Å². The van der Waals surface area contributed by atoms with Crippen LogP contribution in [0, 0.1) is 19.6 Å². The van der Waals surface area contributed by atoms with Crippen LogP contribution in [0.2, 0.25) is 0 Å². The standard InChI is InChI=1S/C14H17IN2O4/c1-2-9-5-6-16(13(7-9)14(18)19)12-4-3-10(17(20)21)8-11(12)15/h3-4,8-9,13H,2,5-7H2,1H3,(H,18,19). The summed E-state index contributed by atoms with van der Waals surface area (Å²) < 4.78 is 0.711. The van der Waals surface area contributed by atoms with E-state index in [1.165, 1.54) is 12.1 Å². The van der Waals surface area contributed by atoms with Crippen molar-refractivity contribution in [3.63, 3.8) is 0 Å². The summed E-state index contributed by atoms with van der Waals surface area (Å²) in [5.74, 6) is -0.402. The highest BCUT2D eigenvalue weighted by Crippen LogP contribution is 2.34. The lowest BCUT2D eigenvalue weighted by atomic mass is 9.88. The normalized spacial score (nSPS) is 22.1. The van der Waals surface area contributed by atoms with Crippen LogP contribution in [-0.2, 0) is 4.79 Å². The topological polar surface area (TPSA) is 83.7 Å². The van der Waals surface area contributed by atoms with Gasteiger partial charge in [0.15, 0.2) is 0 Å². The number of anilines is 1. The molecule has 114 valence electrons. The largest absolute Gasteiger partial charge is 0.480 e. The molecule has 2 rings (SSSR count). The van der Waals surface area contributed by atoms with Crippen LogP contribution in [-0.4, -0.2) is 28.6 Å². The monoisotopic (exact) mass is 404 g/mol. The smallest absolute Gasteiger partial charge is 0.326 e. The molecule has 7 heteroatoms. The molecule has 0 saturated carbocycles. The van der Waals surface area contributed by atoms with Gasteiger partial charge in [-0.2, -0.15) is 0 Å². The number of nitro groups is 1. The molecule has 2 atom stereocenters. The van der Waals surface area contributed by atoms with E-state index >= 15 is 0 Å². The zero-order valence-corrected chi connectivity index (χ0v) is 13.8. The number of benzene rings is 1. The number of halogens is 1. The summed E-state index contributed by atoms with van der Waals surface area (Å²) in [6, 6.07) is 4.02. The van der Waals surface area contributed by atoms with Gasteiger partial charge >= 0.3 is 5.97 Å². The third kappa shape index (κ3) is 3.45. The van der Waals surface area contributed by atoms with Crippen LogP contribution in [0.3, 0.4) is 0 Å². The quantitative estimate of drug-likeness (QED) is 0.473. The molecule has 0 aliphatic carbocycles. The third-order valence-corrected chi connectivity index (χ3v) is 4.89. The van der Waals surface area contributed by atoms with Crippen LogP contribution in [0.25, 0.3) is 0 Å². The average Bonchev–Trinajstić information content (AvgIpc) is 2.46. The number of rotatable bonds is 4. The van der Waals surface area contributed by atoms with E-state index in [0.29, 0.717) is 22.5 Å². The molecule has 6 nitrogen and oxygen atoms in total. The minimum atomic E-state index is -0.831. The maximum Gasteiger partial charge on any atom is 0.326 e. The lowest BCUT2D eigenvalue weighted by Gasteiger charge is -2.39. The molecule has 1 aromatic carbocycles. The van der Waals surface area contributed by atoms with Crippen LogP contribution in [0.15, 0.2) is 18.2 Å². The maximum absolute atomic E-state index is 11.5. The number of piperidine rings is 1. The summed E-state index contributed by atoms with van der Waals surface area (Å²) >= 11 is 2.03. The van der Waals surface area contributed by atoms with Crippen molar-refractivity contribution < 1.29 is 14.8 Å². The van der Waals surface area contributed by atoms with Gasteiger partial charge in [0.2, 0.25) is 0 Å². The lowest BCUT2D eigenvalue weighted by molar-refractivity contribution is -0.384. The van der Waals surface area contributed by atoms with E-state index < -0.39 is 16.9 Å². The predicted octanol–water partition coefficient (Wildman–Crippen LogP) is 3.28. The van der Waals surface area contributed by atoms with Gasteiger partial charge in [-0.15, -0.1) is 0 Å². The Morgan fingerprint density at radius 1 is 1.57 bits per heavy atom. The second kappa shape index (κ2) is 6.59. The van der Waals surface area contributed by atoms with Gasteiger partial charge in [-0.1, -0.05) is 13.3 Å². The van der Waals surface area contributed by atoms with Crippen molar-refractivity contribution in [1.29, 1.82) is 0 Å². The van der Waals surface area contributed by atoms with E-state index in [9.17, 15) is 20.0 Å². The van der Waals surface area contributed by atoms with Crippen molar-refractivity contribution >= 4 is 39.9 Å². The fourth-order valence-electron chi connectivity index (χ4n) is 2.77. The van der Waals surface area contributed by atoms with Crippen LogP contribution in [0.1, 0.15) is 26.2 Å². The molecule has 2 unspecified atom stereocenters. The number of aliphatic carboxylic acids is 1. The fraction of sp³-hybridized carbons (Fsp3) is 0.500. The molecule has 0 aromatic heterocycles. The van der Waals surface area contributed by atoms with Crippen molar-refractivity contribution in [2.75, 3.05) is 11.4 Å². The summed E-state index contributed by atoms with van der Waals surface area (Å²) in [6.07, 6.45) is 2.56. The summed E-state index contributed by atoms with van der Waals surface area (Å²) in [5, 5.41) is 20.3. The highest BCUT2D eigenvalue weighted by atomic mass is 127. The molecule has 1 aromatic rings. The molecule has 0 radical (unpaired) electrons. The Labute approximate surface area is 136 Å². The van der Waals surface area contributed by atoms with Gasteiger partial charge in [0.1, 0.15) is 6.04 Å². The summed E-state index contributed by atoms with van der Waals surface area (Å²) in [6.45, 7) is 2.75. The molecule has 1 N–H and O–H groups in total. The van der Waals surface area contributed by atoms with Gasteiger partial charge in [0.05, 0.1) is 10.6 Å². The number of nitro benzene ring substituents is 1. The Balaban J connectivity index is 2.31.